The van der Waals surface area contributed by atoms with Crippen molar-refractivity contribution in [2.45, 2.75) is 0 Å². The van der Waals surface area contributed by atoms with Crippen LogP contribution in [0, 0.1) is 5.82 Å². The number of carbonyl (C=O) groups excluding carboxylic acids is 1. The van der Waals surface area contributed by atoms with E-state index in [1.54, 1.807) is 24.3 Å². The number of nitrogens with one attached hydrogen (secondary N) is 2. The quantitative estimate of drug-likeness (QED) is 0.801. The van der Waals surface area contributed by atoms with Crippen LogP contribution >= 0.6 is 27.5 Å². The molecular weight excluding hydrogens is 335 g/mol. The molecule has 3 nitrogen and oxygen atoms in total. The number of halogens is 3. The summed E-state index contributed by atoms with van der Waals surface area (Å²) in [5.41, 5.74) is 1.05. The molecule has 0 aliphatic carbocycles. The Bertz CT molecular complexity index is 621. The topological polar surface area (TPSA) is 41.1 Å². The van der Waals surface area contributed by atoms with Gasteiger partial charge in [0.1, 0.15) is 5.82 Å². The smallest absolute Gasteiger partial charge is 0.308 e. The number of benzene rings is 2. The van der Waals surface area contributed by atoms with Gasteiger partial charge in [-0.05, 0) is 52.3 Å². The van der Waals surface area contributed by atoms with Crippen molar-refractivity contribution < 1.29 is 9.18 Å². The Morgan fingerprint density at radius 1 is 1.16 bits per heavy atom. The maximum Gasteiger partial charge on any atom is 0.323 e. The number of anilines is 2. The standard InChI is InChI=1S/C13H9BrClFN2O/c14-11-7-9(16)4-5-12(11)18-13(19)17-10-3-1-2-8(15)6-10/h1-7H,(H2,17,18,19). The molecule has 2 N–H and O–H groups in total. The predicted octanol–water partition coefficient (Wildman–Crippen LogP) is 4.89. The zero-order valence-corrected chi connectivity index (χ0v) is 11.9. The van der Waals surface area contributed by atoms with Crippen LogP contribution in [0.15, 0.2) is 46.9 Å². The summed E-state index contributed by atoms with van der Waals surface area (Å²) in [5, 5.41) is 5.75. The SMILES string of the molecule is O=C(Nc1cccc(Cl)c1)Nc1ccc(F)cc1Br. The van der Waals surface area contributed by atoms with E-state index in [2.05, 4.69) is 26.6 Å². The lowest BCUT2D eigenvalue weighted by Crippen LogP contribution is -2.19. The maximum absolute atomic E-state index is 12.9. The van der Waals surface area contributed by atoms with Crippen molar-refractivity contribution in [2.75, 3.05) is 10.6 Å². The molecule has 19 heavy (non-hydrogen) atoms. The molecule has 2 aromatic carbocycles. The van der Waals surface area contributed by atoms with Gasteiger partial charge < -0.3 is 10.6 Å². The van der Waals surface area contributed by atoms with E-state index in [1.165, 1.54) is 18.2 Å². The first-order valence-corrected chi connectivity index (χ1v) is 6.50. The molecule has 0 radical (unpaired) electrons. The summed E-state index contributed by atoms with van der Waals surface area (Å²) in [6.07, 6.45) is 0. The van der Waals surface area contributed by atoms with Gasteiger partial charge in [-0.2, -0.15) is 0 Å². The molecule has 0 aliphatic heterocycles. The van der Waals surface area contributed by atoms with E-state index in [9.17, 15) is 9.18 Å². The van der Waals surface area contributed by atoms with Crippen LogP contribution in [0.4, 0.5) is 20.6 Å². The average molecular weight is 344 g/mol. The van der Waals surface area contributed by atoms with Crippen molar-refractivity contribution >= 4 is 44.9 Å². The molecule has 0 saturated heterocycles. The Labute approximate surface area is 122 Å². The molecule has 98 valence electrons. The molecule has 0 unspecified atom stereocenters. The first-order valence-electron chi connectivity index (χ1n) is 5.33. The van der Waals surface area contributed by atoms with E-state index in [0.29, 0.717) is 20.9 Å². The predicted molar refractivity (Wildman–Crippen MR) is 78.2 cm³/mol. The van der Waals surface area contributed by atoms with E-state index in [0.717, 1.165) is 0 Å². The average Bonchev–Trinajstić information content (AvgIpc) is 2.33. The highest BCUT2D eigenvalue weighted by molar-refractivity contribution is 9.10. The van der Waals surface area contributed by atoms with Gasteiger partial charge in [0.05, 0.1) is 5.69 Å². The molecule has 0 fully saturated rings. The normalized spacial score (nSPS) is 10.1. The third-order valence-corrected chi connectivity index (χ3v) is 3.15. The van der Waals surface area contributed by atoms with Crippen LogP contribution < -0.4 is 10.6 Å². The van der Waals surface area contributed by atoms with Crippen molar-refractivity contribution in [3.05, 3.63) is 57.8 Å². The number of amides is 2. The Morgan fingerprint density at radius 3 is 2.63 bits per heavy atom. The van der Waals surface area contributed by atoms with Gasteiger partial charge in [-0.15, -0.1) is 0 Å². The van der Waals surface area contributed by atoms with Crippen LogP contribution in [0.3, 0.4) is 0 Å². The van der Waals surface area contributed by atoms with Crippen LogP contribution in [-0.4, -0.2) is 6.03 Å². The second kappa shape index (κ2) is 6.04. The summed E-state index contributed by atoms with van der Waals surface area (Å²) in [7, 11) is 0. The minimum Gasteiger partial charge on any atom is -0.308 e. The molecule has 0 aromatic heterocycles. The van der Waals surface area contributed by atoms with E-state index in [4.69, 9.17) is 11.6 Å². The van der Waals surface area contributed by atoms with Crippen LogP contribution in [0.25, 0.3) is 0 Å². The highest BCUT2D eigenvalue weighted by Crippen LogP contribution is 2.23. The van der Waals surface area contributed by atoms with Crippen LogP contribution in [-0.2, 0) is 0 Å². The van der Waals surface area contributed by atoms with Gasteiger partial charge in [-0.1, -0.05) is 17.7 Å². The summed E-state index contributed by atoms with van der Waals surface area (Å²) in [6, 6.07) is 10.3. The summed E-state index contributed by atoms with van der Waals surface area (Å²) < 4.78 is 13.4. The molecule has 0 atom stereocenters. The van der Waals surface area contributed by atoms with Gasteiger partial charge in [0.2, 0.25) is 0 Å². The molecule has 0 bridgehead atoms. The van der Waals surface area contributed by atoms with Crippen molar-refractivity contribution in [1.29, 1.82) is 0 Å². The third-order valence-electron chi connectivity index (χ3n) is 2.26. The third kappa shape index (κ3) is 3.94. The van der Waals surface area contributed by atoms with Crippen LogP contribution in [0.5, 0.6) is 0 Å². The van der Waals surface area contributed by atoms with Crippen molar-refractivity contribution in [3.8, 4) is 0 Å². The molecule has 0 saturated carbocycles. The zero-order valence-electron chi connectivity index (χ0n) is 9.58. The molecule has 2 rings (SSSR count). The van der Waals surface area contributed by atoms with E-state index >= 15 is 0 Å². The zero-order chi connectivity index (χ0) is 13.8. The fourth-order valence-corrected chi connectivity index (χ4v) is 2.08. The van der Waals surface area contributed by atoms with Crippen LogP contribution in [0.1, 0.15) is 0 Å². The summed E-state index contributed by atoms with van der Waals surface area (Å²) in [5.74, 6) is -0.382. The minimum absolute atomic E-state index is 0.382. The van der Waals surface area contributed by atoms with Gasteiger partial charge in [0.15, 0.2) is 0 Å². The van der Waals surface area contributed by atoms with E-state index in [-0.39, 0.29) is 5.82 Å². The van der Waals surface area contributed by atoms with Gasteiger partial charge in [0, 0.05) is 15.2 Å². The molecule has 2 amide bonds. The van der Waals surface area contributed by atoms with Gasteiger partial charge in [0.25, 0.3) is 0 Å². The van der Waals surface area contributed by atoms with Crippen molar-refractivity contribution in [3.63, 3.8) is 0 Å². The fourth-order valence-electron chi connectivity index (χ4n) is 1.44. The van der Waals surface area contributed by atoms with Gasteiger partial charge in [-0.3, -0.25) is 0 Å². The number of rotatable bonds is 2. The lowest BCUT2D eigenvalue weighted by atomic mass is 10.3. The van der Waals surface area contributed by atoms with Gasteiger partial charge >= 0.3 is 6.03 Å². The highest BCUT2D eigenvalue weighted by atomic mass is 79.9. The molecule has 0 heterocycles. The Hall–Kier alpha value is -1.59. The maximum atomic E-state index is 12.9. The Kier molecular flexibility index (Phi) is 4.39. The minimum atomic E-state index is -0.436. The van der Waals surface area contributed by atoms with Gasteiger partial charge in [-0.25, -0.2) is 9.18 Å². The molecule has 0 spiro atoms. The summed E-state index contributed by atoms with van der Waals surface area (Å²) >= 11 is 8.98. The largest absolute Gasteiger partial charge is 0.323 e. The summed E-state index contributed by atoms with van der Waals surface area (Å²) in [4.78, 5) is 11.8. The number of hydrogen-bond donors (Lipinski definition) is 2. The second-order valence-corrected chi connectivity index (χ2v) is 5.00. The first-order chi connectivity index (χ1) is 9.04. The molecule has 0 aliphatic rings. The molecule has 6 heteroatoms. The fraction of sp³-hybridized carbons (Fsp3) is 0. The van der Waals surface area contributed by atoms with Crippen LogP contribution in [0.2, 0.25) is 5.02 Å². The lowest BCUT2D eigenvalue weighted by molar-refractivity contribution is 0.262. The number of carbonyl (C=O) groups is 1. The second-order valence-electron chi connectivity index (χ2n) is 3.71. The lowest BCUT2D eigenvalue weighted by Gasteiger charge is -2.09. The Balaban J connectivity index is 2.05. The monoisotopic (exact) mass is 342 g/mol. The molecular formula is C13H9BrClFN2O. The van der Waals surface area contributed by atoms with Crippen molar-refractivity contribution in [1.82, 2.24) is 0 Å². The Morgan fingerprint density at radius 2 is 1.95 bits per heavy atom. The van der Waals surface area contributed by atoms with E-state index < -0.39 is 6.03 Å². The molecule has 2 aromatic rings. The number of urea groups is 1. The van der Waals surface area contributed by atoms with E-state index in [1.807, 2.05) is 0 Å². The number of hydrogen-bond acceptors (Lipinski definition) is 1. The van der Waals surface area contributed by atoms with Crippen molar-refractivity contribution in [2.24, 2.45) is 0 Å². The summed E-state index contributed by atoms with van der Waals surface area (Å²) in [6.45, 7) is 0. The highest BCUT2D eigenvalue weighted by Gasteiger charge is 2.06. The first kappa shape index (κ1) is 13.8.